The van der Waals surface area contributed by atoms with Crippen molar-refractivity contribution in [3.8, 4) is 0 Å². The Morgan fingerprint density at radius 1 is 1.29 bits per heavy atom. The van der Waals surface area contributed by atoms with Gasteiger partial charge in [-0.05, 0) is 32.8 Å². The van der Waals surface area contributed by atoms with Gasteiger partial charge in [0, 0.05) is 24.5 Å². The average Bonchev–Trinajstić information content (AvgIpc) is 2.83. The van der Waals surface area contributed by atoms with Gasteiger partial charge in [0.25, 0.3) is 0 Å². The summed E-state index contributed by atoms with van der Waals surface area (Å²) in [5.41, 5.74) is 0. The van der Waals surface area contributed by atoms with Gasteiger partial charge >= 0.3 is 0 Å². The fraction of sp³-hybridized carbons (Fsp3) is 0.625. The van der Waals surface area contributed by atoms with Crippen LogP contribution in [0.4, 0.5) is 11.8 Å². The number of aromatic nitrogens is 2. The second-order valence-corrected chi connectivity index (χ2v) is 6.86. The van der Waals surface area contributed by atoms with Crippen molar-refractivity contribution >= 4 is 33.3 Å². The van der Waals surface area contributed by atoms with Crippen molar-refractivity contribution in [2.45, 2.75) is 53.0 Å². The van der Waals surface area contributed by atoms with E-state index < -0.39 is 0 Å². The first-order chi connectivity index (χ1) is 10.1. The van der Waals surface area contributed by atoms with E-state index in [2.05, 4.69) is 56.0 Å². The first-order valence-electron chi connectivity index (χ1n) is 7.81. The van der Waals surface area contributed by atoms with Crippen LogP contribution in [0.2, 0.25) is 0 Å². The second kappa shape index (κ2) is 7.07. The molecule has 4 nitrogen and oxygen atoms in total. The molecule has 0 aromatic carbocycles. The molecule has 116 valence electrons. The minimum Gasteiger partial charge on any atom is -0.356 e. The highest BCUT2D eigenvalue weighted by atomic mass is 32.1. The van der Waals surface area contributed by atoms with Gasteiger partial charge in [0.1, 0.15) is 10.6 Å². The molecular formula is C16H26N4S. The highest BCUT2D eigenvalue weighted by molar-refractivity contribution is 7.18. The normalized spacial score (nSPS) is 12.6. The summed E-state index contributed by atoms with van der Waals surface area (Å²) in [4.78, 5) is 14.1. The summed E-state index contributed by atoms with van der Waals surface area (Å²) < 4.78 is 0. The van der Waals surface area contributed by atoms with E-state index in [1.54, 1.807) is 11.3 Å². The molecule has 0 bridgehead atoms. The molecule has 0 radical (unpaired) electrons. The van der Waals surface area contributed by atoms with E-state index in [0.717, 1.165) is 29.6 Å². The third-order valence-electron chi connectivity index (χ3n) is 3.73. The zero-order chi connectivity index (χ0) is 15.4. The molecule has 1 atom stereocenters. The summed E-state index contributed by atoms with van der Waals surface area (Å²) in [5.74, 6) is 1.79. The van der Waals surface area contributed by atoms with Gasteiger partial charge in [0.2, 0.25) is 5.95 Å². The number of aryl methyl sites for hydroxylation is 1. The molecule has 1 N–H and O–H groups in total. The molecule has 5 heteroatoms. The van der Waals surface area contributed by atoms with Gasteiger partial charge < -0.3 is 10.2 Å². The van der Waals surface area contributed by atoms with Crippen LogP contribution in [0.15, 0.2) is 6.07 Å². The van der Waals surface area contributed by atoms with Crippen LogP contribution in [0.5, 0.6) is 0 Å². The lowest BCUT2D eigenvalue weighted by Crippen LogP contribution is -2.29. The summed E-state index contributed by atoms with van der Waals surface area (Å²) in [6, 6.07) is 2.68. The van der Waals surface area contributed by atoms with E-state index in [1.165, 1.54) is 23.1 Å². The van der Waals surface area contributed by atoms with Crippen molar-refractivity contribution in [1.82, 2.24) is 9.97 Å². The SMILES string of the molecule is CCCNc1nc(N(C)C(C)CCC)c2cc(C)sc2n1. The van der Waals surface area contributed by atoms with Gasteiger partial charge in [-0.2, -0.15) is 4.98 Å². The zero-order valence-electron chi connectivity index (χ0n) is 13.7. The number of hydrogen-bond donors (Lipinski definition) is 1. The predicted molar refractivity (Wildman–Crippen MR) is 93.7 cm³/mol. The number of fused-ring (bicyclic) bond motifs is 1. The van der Waals surface area contributed by atoms with E-state index in [0.29, 0.717) is 6.04 Å². The lowest BCUT2D eigenvalue weighted by atomic mass is 10.1. The summed E-state index contributed by atoms with van der Waals surface area (Å²) in [7, 11) is 2.14. The van der Waals surface area contributed by atoms with Crippen LogP contribution in [-0.4, -0.2) is 29.6 Å². The third-order valence-corrected chi connectivity index (χ3v) is 4.68. The Bertz CT molecular complexity index is 593. The van der Waals surface area contributed by atoms with Crippen LogP contribution in [0, 0.1) is 6.92 Å². The smallest absolute Gasteiger partial charge is 0.226 e. The Balaban J connectivity index is 2.43. The molecule has 0 saturated carbocycles. The quantitative estimate of drug-likeness (QED) is 0.820. The number of nitrogens with one attached hydrogen (secondary N) is 1. The standard InChI is InChI=1S/C16H26N4S/c1-6-8-11(3)20(5)14-13-10-12(4)21-15(13)19-16(18-14)17-9-7-2/h10-11H,6-9H2,1-5H3,(H,17,18,19). The molecule has 0 amide bonds. The number of rotatable bonds is 7. The predicted octanol–water partition coefficient (Wildman–Crippen LogP) is 4.45. The van der Waals surface area contributed by atoms with Crippen LogP contribution in [-0.2, 0) is 0 Å². The van der Waals surface area contributed by atoms with Gasteiger partial charge in [0.15, 0.2) is 0 Å². The summed E-state index contributed by atoms with van der Waals surface area (Å²) in [6.07, 6.45) is 3.43. The minimum absolute atomic E-state index is 0.479. The highest BCUT2D eigenvalue weighted by Crippen LogP contribution is 2.32. The van der Waals surface area contributed by atoms with Gasteiger partial charge in [-0.3, -0.25) is 0 Å². The fourth-order valence-electron chi connectivity index (χ4n) is 2.43. The van der Waals surface area contributed by atoms with E-state index in [-0.39, 0.29) is 0 Å². The Labute approximate surface area is 131 Å². The number of nitrogens with zero attached hydrogens (tertiary/aromatic N) is 3. The Morgan fingerprint density at radius 3 is 2.71 bits per heavy atom. The first-order valence-corrected chi connectivity index (χ1v) is 8.63. The van der Waals surface area contributed by atoms with Crippen molar-refractivity contribution in [2.75, 3.05) is 23.8 Å². The van der Waals surface area contributed by atoms with E-state index >= 15 is 0 Å². The molecule has 21 heavy (non-hydrogen) atoms. The number of hydrogen-bond acceptors (Lipinski definition) is 5. The van der Waals surface area contributed by atoms with Crippen LogP contribution in [0.1, 0.15) is 44.9 Å². The maximum atomic E-state index is 4.77. The summed E-state index contributed by atoms with van der Waals surface area (Å²) in [5, 5.41) is 4.49. The minimum atomic E-state index is 0.479. The fourth-order valence-corrected chi connectivity index (χ4v) is 3.31. The maximum absolute atomic E-state index is 4.77. The molecule has 1 unspecified atom stereocenters. The van der Waals surface area contributed by atoms with Crippen molar-refractivity contribution in [1.29, 1.82) is 0 Å². The molecule has 2 aromatic heterocycles. The van der Waals surface area contributed by atoms with E-state index in [9.17, 15) is 0 Å². The Kier molecular flexibility index (Phi) is 5.39. The van der Waals surface area contributed by atoms with Crippen molar-refractivity contribution in [3.63, 3.8) is 0 Å². The van der Waals surface area contributed by atoms with Crippen molar-refractivity contribution < 1.29 is 0 Å². The topological polar surface area (TPSA) is 41.1 Å². The van der Waals surface area contributed by atoms with Gasteiger partial charge in [-0.1, -0.05) is 20.3 Å². The van der Waals surface area contributed by atoms with Crippen molar-refractivity contribution in [2.24, 2.45) is 0 Å². The average molecular weight is 306 g/mol. The third kappa shape index (κ3) is 3.64. The van der Waals surface area contributed by atoms with E-state index in [4.69, 9.17) is 4.98 Å². The lowest BCUT2D eigenvalue weighted by molar-refractivity contribution is 0.612. The largest absolute Gasteiger partial charge is 0.356 e. The zero-order valence-corrected chi connectivity index (χ0v) is 14.5. The first kappa shape index (κ1) is 16.0. The molecule has 0 aliphatic carbocycles. The molecule has 0 spiro atoms. The molecule has 0 aliphatic heterocycles. The van der Waals surface area contributed by atoms with Crippen LogP contribution < -0.4 is 10.2 Å². The molecule has 0 aliphatic rings. The second-order valence-electron chi connectivity index (χ2n) is 5.62. The van der Waals surface area contributed by atoms with Crippen LogP contribution >= 0.6 is 11.3 Å². The van der Waals surface area contributed by atoms with Crippen LogP contribution in [0.25, 0.3) is 10.2 Å². The van der Waals surface area contributed by atoms with Gasteiger partial charge in [-0.15, -0.1) is 11.3 Å². The molecule has 2 rings (SSSR count). The molecular weight excluding hydrogens is 280 g/mol. The summed E-state index contributed by atoms with van der Waals surface area (Å²) >= 11 is 1.74. The van der Waals surface area contributed by atoms with Gasteiger partial charge in [0.05, 0.1) is 5.39 Å². The lowest BCUT2D eigenvalue weighted by Gasteiger charge is -2.26. The van der Waals surface area contributed by atoms with E-state index in [1.807, 2.05) is 0 Å². The monoisotopic (exact) mass is 306 g/mol. The molecule has 0 saturated heterocycles. The summed E-state index contributed by atoms with van der Waals surface area (Å²) in [6.45, 7) is 9.67. The van der Waals surface area contributed by atoms with Crippen molar-refractivity contribution in [3.05, 3.63) is 10.9 Å². The molecule has 2 heterocycles. The maximum Gasteiger partial charge on any atom is 0.226 e. The Morgan fingerprint density at radius 2 is 2.05 bits per heavy atom. The molecule has 0 fully saturated rings. The number of anilines is 2. The van der Waals surface area contributed by atoms with Crippen LogP contribution in [0.3, 0.4) is 0 Å². The van der Waals surface area contributed by atoms with Gasteiger partial charge in [-0.25, -0.2) is 4.98 Å². The Hall–Kier alpha value is -1.36. The number of thiophene rings is 1. The highest BCUT2D eigenvalue weighted by Gasteiger charge is 2.17. The molecule has 2 aromatic rings.